The average molecular weight is 324 g/mol. The predicted octanol–water partition coefficient (Wildman–Crippen LogP) is 3.38. The molecule has 2 heterocycles. The summed E-state index contributed by atoms with van der Waals surface area (Å²) in [7, 11) is 0. The van der Waals surface area contributed by atoms with E-state index in [9.17, 15) is 4.79 Å². The van der Waals surface area contributed by atoms with Crippen LogP contribution in [0.15, 0.2) is 42.6 Å². The van der Waals surface area contributed by atoms with E-state index in [2.05, 4.69) is 22.2 Å². The Balaban J connectivity index is 1.60. The van der Waals surface area contributed by atoms with Crippen molar-refractivity contribution in [3.63, 3.8) is 0 Å². The average Bonchev–Trinajstić information content (AvgIpc) is 3.38. The Kier molecular flexibility index (Phi) is 3.80. The van der Waals surface area contributed by atoms with Crippen LogP contribution in [-0.4, -0.2) is 28.7 Å². The van der Waals surface area contributed by atoms with E-state index in [0.717, 1.165) is 5.56 Å². The van der Waals surface area contributed by atoms with E-state index in [-0.39, 0.29) is 12.1 Å². The lowest BCUT2D eigenvalue weighted by atomic mass is 10.1. The lowest BCUT2D eigenvalue weighted by molar-refractivity contribution is 0.179. The second kappa shape index (κ2) is 6.11. The van der Waals surface area contributed by atoms with Crippen LogP contribution in [0, 0.1) is 5.92 Å². The molecule has 6 nitrogen and oxygen atoms in total. The van der Waals surface area contributed by atoms with Crippen LogP contribution in [0.25, 0.3) is 0 Å². The van der Waals surface area contributed by atoms with Crippen molar-refractivity contribution in [2.24, 2.45) is 5.92 Å². The molecular weight excluding hydrogens is 304 g/mol. The van der Waals surface area contributed by atoms with Gasteiger partial charge >= 0.3 is 6.09 Å². The Labute approximate surface area is 140 Å². The van der Waals surface area contributed by atoms with E-state index in [1.54, 1.807) is 17.2 Å². The first-order valence-electron chi connectivity index (χ1n) is 8.33. The number of anilines is 2. The maximum Gasteiger partial charge on any atom is 0.416 e. The molecule has 1 saturated carbocycles. The van der Waals surface area contributed by atoms with Crippen molar-refractivity contribution in [1.82, 2.24) is 9.97 Å². The fourth-order valence-corrected chi connectivity index (χ4v) is 3.07. The van der Waals surface area contributed by atoms with Gasteiger partial charge in [0.05, 0.1) is 0 Å². The van der Waals surface area contributed by atoms with E-state index in [4.69, 9.17) is 4.74 Å². The lowest BCUT2D eigenvalue weighted by Crippen LogP contribution is -2.29. The summed E-state index contributed by atoms with van der Waals surface area (Å²) >= 11 is 0. The number of benzene rings is 1. The Bertz CT molecular complexity index is 733. The monoisotopic (exact) mass is 324 g/mol. The first-order chi connectivity index (χ1) is 11.7. The zero-order chi connectivity index (χ0) is 16.5. The summed E-state index contributed by atoms with van der Waals surface area (Å²) < 4.78 is 5.26. The van der Waals surface area contributed by atoms with Crippen molar-refractivity contribution in [1.29, 1.82) is 0 Å². The van der Waals surface area contributed by atoms with Gasteiger partial charge in [-0.05, 0) is 37.3 Å². The van der Waals surface area contributed by atoms with Gasteiger partial charge in [-0.15, -0.1) is 0 Å². The van der Waals surface area contributed by atoms with E-state index < -0.39 is 0 Å². The third-order valence-electron chi connectivity index (χ3n) is 4.63. The highest BCUT2D eigenvalue weighted by molar-refractivity contribution is 5.89. The molecule has 2 aromatic rings. The standard InChI is InChI=1S/C18H20N4O2/c1-12(13-7-8-13)20-17-19-10-9-16(21-17)22-15(11-24-18(22)23)14-5-3-2-4-6-14/h2-6,9-10,12-13,15H,7-8,11H2,1H3,(H,19,20,21)/t12-,15?/m0/s1. The summed E-state index contributed by atoms with van der Waals surface area (Å²) in [5.41, 5.74) is 1.03. The SMILES string of the molecule is C[C@H](Nc1nccc(N2C(=O)OCC2c2ccccc2)n1)C1CC1. The van der Waals surface area contributed by atoms with Crippen molar-refractivity contribution < 1.29 is 9.53 Å². The van der Waals surface area contributed by atoms with Crippen LogP contribution in [0.3, 0.4) is 0 Å². The van der Waals surface area contributed by atoms with Crippen LogP contribution in [0.5, 0.6) is 0 Å². The molecule has 1 aromatic heterocycles. The van der Waals surface area contributed by atoms with Crippen LogP contribution in [0.4, 0.5) is 16.6 Å². The number of hydrogen-bond donors (Lipinski definition) is 1. The third-order valence-corrected chi connectivity index (χ3v) is 4.63. The van der Waals surface area contributed by atoms with Crippen LogP contribution >= 0.6 is 0 Å². The number of aromatic nitrogens is 2. The molecule has 124 valence electrons. The molecule has 1 N–H and O–H groups in total. The van der Waals surface area contributed by atoms with Crippen molar-refractivity contribution in [2.75, 3.05) is 16.8 Å². The van der Waals surface area contributed by atoms with E-state index in [1.165, 1.54) is 12.8 Å². The van der Waals surface area contributed by atoms with Gasteiger partial charge in [-0.1, -0.05) is 30.3 Å². The molecular formula is C18H20N4O2. The highest BCUT2D eigenvalue weighted by Crippen LogP contribution is 2.34. The van der Waals surface area contributed by atoms with E-state index in [0.29, 0.717) is 30.3 Å². The quantitative estimate of drug-likeness (QED) is 0.913. The van der Waals surface area contributed by atoms with Crippen LogP contribution in [0.2, 0.25) is 0 Å². The third kappa shape index (κ3) is 2.91. The predicted molar refractivity (Wildman–Crippen MR) is 90.9 cm³/mol. The zero-order valence-electron chi connectivity index (χ0n) is 13.6. The first kappa shape index (κ1) is 14.9. The number of amides is 1. The zero-order valence-corrected chi connectivity index (χ0v) is 13.6. The molecule has 0 spiro atoms. The van der Waals surface area contributed by atoms with Gasteiger partial charge in [0.1, 0.15) is 18.5 Å². The summed E-state index contributed by atoms with van der Waals surface area (Å²) in [6.07, 6.45) is 3.81. The number of carbonyl (C=O) groups excluding carboxylic acids is 1. The summed E-state index contributed by atoms with van der Waals surface area (Å²) in [5, 5.41) is 3.34. The summed E-state index contributed by atoms with van der Waals surface area (Å²) in [4.78, 5) is 22.7. The molecule has 0 radical (unpaired) electrons. The van der Waals surface area contributed by atoms with Gasteiger partial charge in [-0.2, -0.15) is 4.98 Å². The molecule has 1 unspecified atom stereocenters. The number of cyclic esters (lactones) is 1. The minimum absolute atomic E-state index is 0.165. The molecule has 24 heavy (non-hydrogen) atoms. The van der Waals surface area contributed by atoms with Gasteiger partial charge < -0.3 is 10.1 Å². The fourth-order valence-electron chi connectivity index (χ4n) is 3.07. The molecule has 2 atom stereocenters. The maximum atomic E-state index is 12.2. The molecule has 0 bridgehead atoms. The smallest absolute Gasteiger partial charge is 0.416 e. The largest absolute Gasteiger partial charge is 0.447 e. The van der Waals surface area contributed by atoms with Crippen LogP contribution < -0.4 is 10.2 Å². The van der Waals surface area contributed by atoms with Crippen molar-refractivity contribution in [2.45, 2.75) is 31.8 Å². The Hall–Kier alpha value is -2.63. The first-order valence-corrected chi connectivity index (χ1v) is 8.33. The molecule has 1 saturated heterocycles. The highest BCUT2D eigenvalue weighted by Gasteiger charge is 2.36. The Morgan fingerprint density at radius 2 is 2.04 bits per heavy atom. The molecule has 1 aliphatic carbocycles. The normalized spacial score (nSPS) is 21.5. The van der Waals surface area contributed by atoms with E-state index >= 15 is 0 Å². The second-order valence-electron chi connectivity index (χ2n) is 6.38. The number of carbonyl (C=O) groups is 1. The molecule has 1 aromatic carbocycles. The maximum absolute atomic E-state index is 12.2. The Morgan fingerprint density at radius 3 is 2.79 bits per heavy atom. The molecule has 1 aliphatic heterocycles. The number of ether oxygens (including phenoxy) is 1. The topological polar surface area (TPSA) is 67.4 Å². The van der Waals surface area contributed by atoms with Gasteiger partial charge in [0.25, 0.3) is 0 Å². The molecule has 6 heteroatoms. The summed E-state index contributed by atoms with van der Waals surface area (Å²) in [6, 6.07) is 11.8. The van der Waals surface area contributed by atoms with Crippen LogP contribution in [-0.2, 0) is 4.74 Å². The van der Waals surface area contributed by atoms with Gasteiger partial charge in [0, 0.05) is 12.2 Å². The number of nitrogens with zero attached hydrogens (tertiary/aromatic N) is 3. The molecule has 2 fully saturated rings. The van der Waals surface area contributed by atoms with Gasteiger partial charge in [0.2, 0.25) is 5.95 Å². The van der Waals surface area contributed by atoms with Gasteiger partial charge in [-0.3, -0.25) is 4.90 Å². The minimum atomic E-state index is -0.372. The highest BCUT2D eigenvalue weighted by atomic mass is 16.6. The molecule has 2 aliphatic rings. The number of hydrogen-bond acceptors (Lipinski definition) is 5. The molecule has 4 rings (SSSR count). The summed E-state index contributed by atoms with van der Waals surface area (Å²) in [5.74, 6) is 1.82. The van der Waals surface area contributed by atoms with Gasteiger partial charge in [0.15, 0.2) is 0 Å². The van der Waals surface area contributed by atoms with Crippen LogP contribution in [0.1, 0.15) is 31.4 Å². The minimum Gasteiger partial charge on any atom is -0.447 e. The fraction of sp³-hybridized carbons (Fsp3) is 0.389. The number of rotatable bonds is 5. The number of nitrogens with one attached hydrogen (secondary N) is 1. The van der Waals surface area contributed by atoms with Gasteiger partial charge in [-0.25, -0.2) is 9.78 Å². The molecule has 1 amide bonds. The second-order valence-corrected chi connectivity index (χ2v) is 6.38. The lowest BCUT2D eigenvalue weighted by Gasteiger charge is -2.21. The van der Waals surface area contributed by atoms with E-state index in [1.807, 2.05) is 30.3 Å². The Morgan fingerprint density at radius 1 is 1.25 bits per heavy atom. The van der Waals surface area contributed by atoms with Crippen molar-refractivity contribution in [3.8, 4) is 0 Å². The van der Waals surface area contributed by atoms with Crippen molar-refractivity contribution in [3.05, 3.63) is 48.2 Å². The van der Waals surface area contributed by atoms with Crippen molar-refractivity contribution >= 4 is 17.9 Å². The summed E-state index contributed by atoms with van der Waals surface area (Å²) in [6.45, 7) is 2.47.